The number of carbonyl (C=O) groups excluding carboxylic acids is 2. The fourth-order valence-corrected chi connectivity index (χ4v) is 3.32. The lowest BCUT2D eigenvalue weighted by molar-refractivity contribution is -0.143. The van der Waals surface area contributed by atoms with Crippen molar-refractivity contribution in [3.8, 4) is 0 Å². The number of primary amides is 1. The van der Waals surface area contributed by atoms with E-state index >= 15 is 0 Å². The predicted octanol–water partition coefficient (Wildman–Crippen LogP) is 0.960. The molecule has 1 amide bonds. The normalized spacial score (nSPS) is 12.9. The van der Waals surface area contributed by atoms with Crippen LogP contribution in [0.15, 0.2) is 23.1 Å². The molecule has 1 unspecified atom stereocenters. The van der Waals surface area contributed by atoms with E-state index in [1.54, 1.807) is 6.92 Å². The van der Waals surface area contributed by atoms with E-state index in [0.29, 0.717) is 12.0 Å². The minimum atomic E-state index is -3.99. The summed E-state index contributed by atoms with van der Waals surface area (Å²) in [7, 11) is -2.80. The molecule has 1 aromatic carbocycles. The van der Waals surface area contributed by atoms with Gasteiger partial charge in [-0.3, -0.25) is 9.59 Å². The standard InChI is InChI=1S/C15H22N2O5S/c1-9(2)7-13(15(19)22-4)17-23(20,21)11-6-5-10(3)12(8-11)14(16)18/h5-6,8-9,13,17H,7H2,1-4H3,(H2,16,18). The summed E-state index contributed by atoms with van der Waals surface area (Å²) in [5.74, 6) is -1.29. The molecule has 0 fully saturated rings. The Balaban J connectivity index is 3.17. The lowest BCUT2D eigenvalue weighted by Gasteiger charge is -2.18. The molecule has 0 spiro atoms. The third kappa shape index (κ3) is 5.04. The molecule has 0 aliphatic heterocycles. The molecule has 8 heteroatoms. The van der Waals surface area contributed by atoms with Crippen molar-refractivity contribution in [1.29, 1.82) is 0 Å². The number of nitrogens with two attached hydrogens (primary N) is 1. The number of rotatable bonds is 7. The average Bonchev–Trinajstić information content (AvgIpc) is 2.44. The third-order valence-corrected chi connectivity index (χ3v) is 4.74. The Bertz CT molecular complexity index is 698. The van der Waals surface area contributed by atoms with Crippen molar-refractivity contribution in [3.63, 3.8) is 0 Å². The number of methoxy groups -OCH3 is 1. The number of hydrogen-bond donors (Lipinski definition) is 2. The predicted molar refractivity (Wildman–Crippen MR) is 85.3 cm³/mol. The van der Waals surface area contributed by atoms with E-state index in [2.05, 4.69) is 9.46 Å². The number of amides is 1. The molecular formula is C15H22N2O5S. The van der Waals surface area contributed by atoms with Crippen LogP contribution in [0.5, 0.6) is 0 Å². The van der Waals surface area contributed by atoms with Gasteiger partial charge >= 0.3 is 5.97 Å². The summed E-state index contributed by atoms with van der Waals surface area (Å²) in [5, 5.41) is 0. The molecule has 1 aromatic rings. The van der Waals surface area contributed by atoms with E-state index in [0.717, 1.165) is 0 Å². The van der Waals surface area contributed by atoms with Crippen molar-refractivity contribution in [3.05, 3.63) is 29.3 Å². The van der Waals surface area contributed by atoms with Crippen LogP contribution in [-0.4, -0.2) is 33.4 Å². The highest BCUT2D eigenvalue weighted by molar-refractivity contribution is 7.89. The number of carbonyl (C=O) groups is 2. The minimum absolute atomic E-state index is 0.0843. The highest BCUT2D eigenvalue weighted by Gasteiger charge is 2.27. The Kier molecular flexibility index (Phi) is 6.28. The molecule has 0 bridgehead atoms. The van der Waals surface area contributed by atoms with Gasteiger partial charge in [0.15, 0.2) is 0 Å². The second-order valence-electron chi connectivity index (χ2n) is 5.67. The fourth-order valence-electron chi connectivity index (χ4n) is 2.10. The van der Waals surface area contributed by atoms with Gasteiger partial charge in [0.05, 0.1) is 12.0 Å². The smallest absolute Gasteiger partial charge is 0.323 e. The van der Waals surface area contributed by atoms with Crippen molar-refractivity contribution >= 4 is 21.9 Å². The van der Waals surface area contributed by atoms with E-state index in [9.17, 15) is 18.0 Å². The molecule has 3 N–H and O–H groups in total. The monoisotopic (exact) mass is 342 g/mol. The Morgan fingerprint density at radius 1 is 1.30 bits per heavy atom. The van der Waals surface area contributed by atoms with Crippen LogP contribution in [0.4, 0.5) is 0 Å². The van der Waals surface area contributed by atoms with E-state index in [-0.39, 0.29) is 16.4 Å². The van der Waals surface area contributed by atoms with Crippen LogP contribution in [0, 0.1) is 12.8 Å². The maximum atomic E-state index is 12.5. The summed E-state index contributed by atoms with van der Waals surface area (Å²) < 4.78 is 31.9. The summed E-state index contributed by atoms with van der Waals surface area (Å²) in [4.78, 5) is 23.0. The molecule has 1 rings (SSSR count). The number of aryl methyl sites for hydroxylation is 1. The van der Waals surface area contributed by atoms with Crippen LogP contribution in [0.3, 0.4) is 0 Å². The van der Waals surface area contributed by atoms with Crippen molar-refractivity contribution in [2.45, 2.75) is 38.1 Å². The van der Waals surface area contributed by atoms with Crippen LogP contribution in [-0.2, 0) is 19.6 Å². The quantitative estimate of drug-likeness (QED) is 0.716. The Morgan fingerprint density at radius 3 is 2.39 bits per heavy atom. The number of sulfonamides is 1. The lowest BCUT2D eigenvalue weighted by atomic mass is 10.1. The first kappa shape index (κ1) is 19.1. The Hall–Kier alpha value is -1.93. The topological polar surface area (TPSA) is 116 Å². The van der Waals surface area contributed by atoms with Crippen LogP contribution < -0.4 is 10.5 Å². The summed E-state index contributed by atoms with van der Waals surface area (Å²) in [6, 6.07) is 3.05. The van der Waals surface area contributed by atoms with Gasteiger partial charge in [-0.1, -0.05) is 19.9 Å². The van der Waals surface area contributed by atoms with Gasteiger partial charge in [0.25, 0.3) is 0 Å². The molecular weight excluding hydrogens is 320 g/mol. The minimum Gasteiger partial charge on any atom is -0.468 e. The molecule has 0 saturated carbocycles. The number of benzene rings is 1. The van der Waals surface area contributed by atoms with Gasteiger partial charge in [0, 0.05) is 5.56 Å². The van der Waals surface area contributed by atoms with Crippen molar-refractivity contribution < 1.29 is 22.7 Å². The number of hydrogen-bond acceptors (Lipinski definition) is 5. The second-order valence-corrected chi connectivity index (χ2v) is 7.38. The van der Waals surface area contributed by atoms with E-state index in [1.165, 1.54) is 25.3 Å². The molecule has 128 valence electrons. The summed E-state index contributed by atoms with van der Waals surface area (Å²) >= 11 is 0. The molecule has 7 nitrogen and oxygen atoms in total. The summed E-state index contributed by atoms with van der Waals surface area (Å²) in [6.07, 6.45) is 0.292. The zero-order valence-electron chi connectivity index (χ0n) is 13.6. The van der Waals surface area contributed by atoms with Crippen LogP contribution in [0.2, 0.25) is 0 Å². The Labute approximate surface area is 136 Å². The first-order chi connectivity index (χ1) is 10.6. The highest BCUT2D eigenvalue weighted by atomic mass is 32.2. The third-order valence-electron chi connectivity index (χ3n) is 3.28. The van der Waals surface area contributed by atoms with Gasteiger partial charge in [-0.25, -0.2) is 8.42 Å². The van der Waals surface area contributed by atoms with Crippen LogP contribution in [0.25, 0.3) is 0 Å². The van der Waals surface area contributed by atoms with Crippen molar-refractivity contribution in [2.24, 2.45) is 11.7 Å². The van der Waals surface area contributed by atoms with Gasteiger partial charge < -0.3 is 10.5 Å². The molecule has 0 radical (unpaired) electrons. The molecule has 0 aliphatic rings. The first-order valence-corrected chi connectivity index (χ1v) is 8.57. The van der Waals surface area contributed by atoms with Crippen LogP contribution >= 0.6 is 0 Å². The zero-order chi connectivity index (χ0) is 17.8. The van der Waals surface area contributed by atoms with Crippen LogP contribution in [0.1, 0.15) is 36.2 Å². The van der Waals surface area contributed by atoms with E-state index in [4.69, 9.17) is 5.73 Å². The van der Waals surface area contributed by atoms with E-state index in [1.807, 2.05) is 13.8 Å². The van der Waals surface area contributed by atoms with Gasteiger partial charge in [-0.2, -0.15) is 4.72 Å². The molecule has 0 heterocycles. The highest BCUT2D eigenvalue weighted by Crippen LogP contribution is 2.17. The number of esters is 1. The molecule has 0 saturated heterocycles. The maximum absolute atomic E-state index is 12.5. The average molecular weight is 342 g/mol. The van der Waals surface area contributed by atoms with E-state index < -0.39 is 27.9 Å². The molecule has 23 heavy (non-hydrogen) atoms. The van der Waals surface area contributed by atoms with Gasteiger partial charge in [0.1, 0.15) is 6.04 Å². The van der Waals surface area contributed by atoms with Gasteiger partial charge in [0.2, 0.25) is 15.9 Å². The van der Waals surface area contributed by atoms with Crippen molar-refractivity contribution in [1.82, 2.24) is 4.72 Å². The molecule has 0 aromatic heterocycles. The van der Waals surface area contributed by atoms with Gasteiger partial charge in [-0.05, 0) is 37.0 Å². The first-order valence-electron chi connectivity index (χ1n) is 7.09. The summed E-state index contributed by atoms with van der Waals surface area (Å²) in [6.45, 7) is 5.38. The molecule has 0 aliphatic carbocycles. The zero-order valence-corrected chi connectivity index (χ0v) is 14.4. The Morgan fingerprint density at radius 2 is 1.91 bits per heavy atom. The van der Waals surface area contributed by atoms with Crippen molar-refractivity contribution in [2.75, 3.05) is 7.11 Å². The maximum Gasteiger partial charge on any atom is 0.323 e. The largest absolute Gasteiger partial charge is 0.468 e. The lowest BCUT2D eigenvalue weighted by Crippen LogP contribution is -2.42. The molecule has 1 atom stereocenters. The fraction of sp³-hybridized carbons (Fsp3) is 0.467. The SMILES string of the molecule is COC(=O)C(CC(C)C)NS(=O)(=O)c1ccc(C)c(C(N)=O)c1. The number of nitrogens with one attached hydrogen (secondary N) is 1. The second kappa shape index (κ2) is 7.56. The summed E-state index contributed by atoms with van der Waals surface area (Å²) in [5.41, 5.74) is 5.92. The van der Waals surface area contributed by atoms with Gasteiger partial charge in [-0.15, -0.1) is 0 Å². The number of ether oxygens (including phenoxy) is 1.